The zero-order valence-electron chi connectivity index (χ0n) is 13.0. The number of amides is 2. The van der Waals surface area contributed by atoms with E-state index in [1.165, 1.54) is 7.11 Å². The number of hydrogen-bond donors (Lipinski definition) is 3. The average Bonchev–Trinajstić information content (AvgIpc) is 2.54. The van der Waals surface area contributed by atoms with Crippen LogP contribution in [0.2, 0.25) is 10.0 Å². The van der Waals surface area contributed by atoms with Crippen molar-refractivity contribution < 1.29 is 24.0 Å². The van der Waals surface area contributed by atoms with Gasteiger partial charge in [0, 0.05) is 0 Å². The summed E-state index contributed by atoms with van der Waals surface area (Å²) < 4.78 is 4.61. The lowest BCUT2D eigenvalue weighted by molar-refractivity contribution is -0.909. The van der Waals surface area contributed by atoms with Crippen molar-refractivity contribution in [2.24, 2.45) is 0 Å². The maximum atomic E-state index is 12.3. The van der Waals surface area contributed by atoms with Gasteiger partial charge in [-0.3, -0.25) is 14.4 Å². The van der Waals surface area contributed by atoms with Gasteiger partial charge < -0.3 is 20.3 Å². The molecule has 1 fully saturated rings. The van der Waals surface area contributed by atoms with Crippen LogP contribution in [0.1, 0.15) is 6.42 Å². The zero-order chi connectivity index (χ0) is 17.7. The van der Waals surface area contributed by atoms with Crippen molar-refractivity contribution in [1.29, 1.82) is 0 Å². The van der Waals surface area contributed by atoms with Crippen LogP contribution >= 0.6 is 23.2 Å². The molecule has 24 heavy (non-hydrogen) atoms. The number of para-hydroxylation sites is 1. The first-order chi connectivity index (χ1) is 11.4. The van der Waals surface area contributed by atoms with Crippen LogP contribution in [-0.2, 0) is 19.1 Å². The van der Waals surface area contributed by atoms with Crippen LogP contribution < -0.4 is 15.5 Å². The molecule has 0 aliphatic carbocycles. The van der Waals surface area contributed by atoms with Gasteiger partial charge in [0.15, 0.2) is 12.6 Å². The third kappa shape index (κ3) is 4.59. The maximum absolute atomic E-state index is 12.3. The fourth-order valence-corrected chi connectivity index (χ4v) is 3.03. The van der Waals surface area contributed by atoms with E-state index in [2.05, 4.69) is 15.4 Å². The average molecular weight is 375 g/mol. The Morgan fingerprint density at radius 3 is 2.67 bits per heavy atom. The van der Waals surface area contributed by atoms with E-state index in [0.29, 0.717) is 33.7 Å². The Bertz CT molecular complexity index is 633. The van der Waals surface area contributed by atoms with Crippen molar-refractivity contribution in [3.63, 3.8) is 0 Å². The summed E-state index contributed by atoms with van der Waals surface area (Å²) >= 11 is 12.0. The highest BCUT2D eigenvalue weighted by Crippen LogP contribution is 2.29. The highest BCUT2D eigenvalue weighted by molar-refractivity contribution is 6.39. The first-order valence-electron chi connectivity index (χ1n) is 7.35. The summed E-state index contributed by atoms with van der Waals surface area (Å²) in [5.41, 5.74) is 0.330. The van der Waals surface area contributed by atoms with Crippen molar-refractivity contribution in [1.82, 2.24) is 5.32 Å². The van der Waals surface area contributed by atoms with Crippen molar-refractivity contribution in [2.75, 3.05) is 32.1 Å². The molecule has 0 saturated carbocycles. The molecule has 1 aliphatic rings. The molecule has 3 N–H and O–H groups in total. The van der Waals surface area contributed by atoms with E-state index < -0.39 is 12.0 Å². The minimum Gasteiger partial charge on any atom is -0.469 e. The molecule has 0 spiro atoms. The molecule has 1 aromatic rings. The zero-order valence-corrected chi connectivity index (χ0v) is 14.5. The molecule has 0 radical (unpaired) electrons. The third-order valence-electron chi connectivity index (χ3n) is 3.77. The quantitative estimate of drug-likeness (QED) is 0.626. The maximum Gasteiger partial charge on any atom is 0.312 e. The number of hydrogen-bond acceptors (Lipinski definition) is 4. The molecule has 9 heteroatoms. The van der Waals surface area contributed by atoms with Crippen LogP contribution in [0.25, 0.3) is 0 Å². The van der Waals surface area contributed by atoms with Crippen molar-refractivity contribution in [3.8, 4) is 0 Å². The number of nitrogens with one attached hydrogen (secondary N) is 3. The number of halogens is 2. The van der Waals surface area contributed by atoms with E-state index >= 15 is 0 Å². The molecule has 1 saturated heterocycles. The third-order valence-corrected chi connectivity index (χ3v) is 4.40. The number of benzene rings is 1. The second-order valence-electron chi connectivity index (χ2n) is 5.35. The van der Waals surface area contributed by atoms with Crippen molar-refractivity contribution in [3.05, 3.63) is 28.2 Å². The molecule has 1 unspecified atom stereocenters. The Balaban J connectivity index is 2.05. The number of quaternary nitrogens is 1. The number of ether oxygens (including phenoxy) is 1. The normalized spacial score (nSPS) is 20.2. The van der Waals surface area contributed by atoms with Gasteiger partial charge in [0.2, 0.25) is 0 Å². The predicted octanol–water partition coefficient (Wildman–Crippen LogP) is -0.122. The molecule has 0 bridgehead atoms. The highest BCUT2D eigenvalue weighted by Gasteiger charge is 2.36. The predicted molar refractivity (Wildman–Crippen MR) is 89.2 cm³/mol. The second-order valence-corrected chi connectivity index (χ2v) is 6.17. The van der Waals surface area contributed by atoms with Crippen molar-refractivity contribution in [2.45, 2.75) is 12.5 Å². The van der Waals surface area contributed by atoms with Crippen LogP contribution in [0.5, 0.6) is 0 Å². The van der Waals surface area contributed by atoms with Gasteiger partial charge in [-0.2, -0.15) is 0 Å². The second kappa shape index (κ2) is 8.32. The topological polar surface area (TPSA) is 88.9 Å². The lowest BCUT2D eigenvalue weighted by Gasteiger charge is -2.30. The Hall–Kier alpha value is -1.83. The summed E-state index contributed by atoms with van der Waals surface area (Å²) in [6.45, 7) is 0.972. The lowest BCUT2D eigenvalue weighted by Crippen LogP contribution is -3.20. The summed E-state index contributed by atoms with van der Waals surface area (Å²) in [5, 5.41) is 6.00. The van der Waals surface area contributed by atoms with E-state index in [1.54, 1.807) is 18.2 Å². The Kier molecular flexibility index (Phi) is 6.42. The molecule has 130 valence electrons. The SMILES string of the molecule is COC(=O)C[C@@H]1C(=O)NCC[NH+]1CC(=O)Nc1c(Cl)cccc1Cl. The molecular weight excluding hydrogens is 357 g/mol. The number of rotatable bonds is 5. The standard InChI is InChI=1S/C15H17Cl2N3O4/c1-24-13(22)7-11-15(23)18-5-6-20(11)8-12(21)19-14-9(16)3-2-4-10(14)17/h2-4,11H,5-8H2,1H3,(H,18,23)(H,19,21)/p+1/t11-/m1/s1. The van der Waals surface area contributed by atoms with Crippen LogP contribution in [-0.4, -0.2) is 50.6 Å². The Morgan fingerprint density at radius 1 is 1.38 bits per heavy atom. The van der Waals surface area contributed by atoms with Crippen molar-refractivity contribution >= 4 is 46.7 Å². The van der Waals surface area contributed by atoms with E-state index in [0.717, 1.165) is 0 Å². The Labute approximate surface area is 149 Å². The first kappa shape index (κ1) is 18.5. The molecule has 1 aliphatic heterocycles. The summed E-state index contributed by atoms with van der Waals surface area (Å²) in [5.74, 6) is -1.11. The van der Waals surface area contributed by atoms with E-state index in [9.17, 15) is 14.4 Å². The van der Waals surface area contributed by atoms with Gasteiger partial charge in [-0.1, -0.05) is 29.3 Å². The fraction of sp³-hybridized carbons (Fsp3) is 0.400. The summed E-state index contributed by atoms with van der Waals surface area (Å²) in [4.78, 5) is 36.5. The molecular formula is C15H18Cl2N3O4+. The van der Waals surface area contributed by atoms with E-state index in [-0.39, 0.29) is 24.8 Å². The molecule has 2 atom stereocenters. The van der Waals surface area contributed by atoms with E-state index in [4.69, 9.17) is 23.2 Å². The number of anilines is 1. The van der Waals surface area contributed by atoms with Crippen LogP contribution in [0.15, 0.2) is 18.2 Å². The fourth-order valence-electron chi connectivity index (χ4n) is 2.53. The van der Waals surface area contributed by atoms with Crippen LogP contribution in [0, 0.1) is 0 Å². The number of carbonyl (C=O) groups excluding carboxylic acids is 3. The number of methoxy groups -OCH3 is 1. The number of esters is 1. The minimum atomic E-state index is -0.668. The summed E-state index contributed by atoms with van der Waals surface area (Å²) in [7, 11) is 1.26. The summed E-state index contributed by atoms with van der Waals surface area (Å²) in [6, 6.07) is 4.24. The first-order valence-corrected chi connectivity index (χ1v) is 8.11. The van der Waals surface area contributed by atoms with Gasteiger partial charge in [0.25, 0.3) is 11.8 Å². The molecule has 1 heterocycles. The Morgan fingerprint density at radius 2 is 2.04 bits per heavy atom. The molecule has 7 nitrogen and oxygen atoms in total. The molecule has 2 amide bonds. The van der Waals surface area contributed by atoms with Gasteiger partial charge >= 0.3 is 5.97 Å². The minimum absolute atomic E-state index is 0.0105. The van der Waals surface area contributed by atoms with Gasteiger partial charge in [-0.25, -0.2) is 0 Å². The van der Waals surface area contributed by atoms with Crippen LogP contribution in [0.3, 0.4) is 0 Å². The van der Waals surface area contributed by atoms with Gasteiger partial charge in [-0.05, 0) is 12.1 Å². The number of carbonyl (C=O) groups is 3. The van der Waals surface area contributed by atoms with Gasteiger partial charge in [0.05, 0.1) is 35.9 Å². The monoisotopic (exact) mass is 374 g/mol. The molecule has 0 aromatic heterocycles. The largest absolute Gasteiger partial charge is 0.469 e. The summed E-state index contributed by atoms with van der Waals surface area (Å²) in [6.07, 6.45) is -0.0855. The van der Waals surface area contributed by atoms with E-state index in [1.807, 2.05) is 0 Å². The number of piperazine rings is 1. The lowest BCUT2D eigenvalue weighted by atomic mass is 10.1. The molecule has 2 rings (SSSR count). The van der Waals surface area contributed by atoms with Crippen LogP contribution in [0.4, 0.5) is 5.69 Å². The molecule has 1 aromatic carbocycles. The van der Waals surface area contributed by atoms with Gasteiger partial charge in [0.1, 0.15) is 6.42 Å². The highest BCUT2D eigenvalue weighted by atomic mass is 35.5. The van der Waals surface area contributed by atoms with Gasteiger partial charge in [-0.15, -0.1) is 0 Å². The smallest absolute Gasteiger partial charge is 0.312 e.